The first-order valence-electron chi connectivity index (χ1n) is 11.3. The fourth-order valence-electron chi connectivity index (χ4n) is 3.78. The second kappa shape index (κ2) is 9.83. The van der Waals surface area contributed by atoms with Gasteiger partial charge in [-0.25, -0.2) is 0 Å². The number of nitrogens with one attached hydrogen (secondary N) is 1. The van der Waals surface area contributed by atoms with Gasteiger partial charge < -0.3 is 14.3 Å². The van der Waals surface area contributed by atoms with E-state index in [-0.39, 0.29) is 5.43 Å². The zero-order chi connectivity index (χ0) is 23.5. The average Bonchev–Trinajstić information content (AvgIpc) is 3.21. The van der Waals surface area contributed by atoms with E-state index in [0.29, 0.717) is 18.3 Å². The van der Waals surface area contributed by atoms with Crippen molar-refractivity contribution in [1.29, 1.82) is 0 Å². The molecule has 1 N–H and O–H groups in total. The van der Waals surface area contributed by atoms with Gasteiger partial charge in [-0.2, -0.15) is 0 Å². The van der Waals surface area contributed by atoms with Crippen molar-refractivity contribution >= 4 is 22.7 Å². The van der Waals surface area contributed by atoms with Gasteiger partial charge in [0.25, 0.3) is 0 Å². The van der Waals surface area contributed by atoms with Gasteiger partial charge in [0.1, 0.15) is 12.4 Å². The SMILES string of the molecule is CCn1c(COc2ccc(C(C)C)cc2)nnc1SCc1cc(=O)c2ccc(C)c(C)c2[nH]1. The molecule has 0 fully saturated rings. The maximum atomic E-state index is 12.6. The smallest absolute Gasteiger partial charge is 0.191 e. The van der Waals surface area contributed by atoms with Crippen LogP contribution in [-0.2, 0) is 18.9 Å². The minimum Gasteiger partial charge on any atom is -0.486 e. The number of nitrogens with zero attached hydrogens (tertiary/aromatic N) is 3. The van der Waals surface area contributed by atoms with Gasteiger partial charge in [-0.05, 0) is 61.6 Å². The number of ether oxygens (including phenoxy) is 1. The van der Waals surface area contributed by atoms with E-state index in [1.807, 2.05) is 31.2 Å². The number of aromatic nitrogens is 4. The molecule has 2 aromatic heterocycles. The van der Waals surface area contributed by atoms with E-state index in [1.165, 1.54) is 5.56 Å². The second-order valence-electron chi connectivity index (χ2n) is 8.53. The summed E-state index contributed by atoms with van der Waals surface area (Å²) >= 11 is 1.56. The summed E-state index contributed by atoms with van der Waals surface area (Å²) in [7, 11) is 0. The van der Waals surface area contributed by atoms with Crippen LogP contribution in [0.4, 0.5) is 0 Å². The maximum Gasteiger partial charge on any atom is 0.191 e. The lowest BCUT2D eigenvalue weighted by molar-refractivity contribution is 0.288. The molecule has 0 amide bonds. The Balaban J connectivity index is 1.47. The fraction of sp³-hybridized carbons (Fsp3) is 0.346. The minimum absolute atomic E-state index is 0.0389. The molecule has 0 saturated heterocycles. The summed E-state index contributed by atoms with van der Waals surface area (Å²) in [4.78, 5) is 16.0. The molecule has 0 bridgehead atoms. The number of benzene rings is 2. The Hall–Kier alpha value is -3.06. The zero-order valence-electron chi connectivity index (χ0n) is 19.8. The lowest BCUT2D eigenvalue weighted by Crippen LogP contribution is -2.08. The molecule has 2 heterocycles. The van der Waals surface area contributed by atoms with E-state index in [9.17, 15) is 4.79 Å². The predicted molar refractivity (Wildman–Crippen MR) is 134 cm³/mol. The van der Waals surface area contributed by atoms with Crippen LogP contribution in [0.2, 0.25) is 0 Å². The predicted octanol–water partition coefficient (Wildman–Crippen LogP) is 5.75. The summed E-state index contributed by atoms with van der Waals surface area (Å²) in [5.74, 6) is 2.70. The second-order valence-corrected chi connectivity index (χ2v) is 9.48. The molecular formula is C26H30N4O2S. The molecule has 0 aliphatic carbocycles. The first kappa shape index (κ1) is 23.1. The third kappa shape index (κ3) is 4.98. The van der Waals surface area contributed by atoms with Crippen molar-refractivity contribution in [1.82, 2.24) is 19.7 Å². The van der Waals surface area contributed by atoms with Gasteiger partial charge in [-0.3, -0.25) is 4.79 Å². The Labute approximate surface area is 198 Å². The summed E-state index contributed by atoms with van der Waals surface area (Å²) in [6.07, 6.45) is 0. The van der Waals surface area contributed by atoms with Crippen molar-refractivity contribution < 1.29 is 4.74 Å². The van der Waals surface area contributed by atoms with Crippen molar-refractivity contribution in [3.8, 4) is 5.75 Å². The molecule has 0 atom stereocenters. The number of H-pyrrole nitrogens is 1. The third-order valence-electron chi connectivity index (χ3n) is 5.97. The number of hydrogen-bond donors (Lipinski definition) is 1. The molecule has 4 rings (SSSR count). The largest absolute Gasteiger partial charge is 0.486 e. The van der Waals surface area contributed by atoms with E-state index in [0.717, 1.165) is 51.0 Å². The van der Waals surface area contributed by atoms with Crippen molar-refractivity contribution in [3.05, 3.63) is 80.9 Å². The first-order chi connectivity index (χ1) is 15.9. The zero-order valence-corrected chi connectivity index (χ0v) is 20.6. The highest BCUT2D eigenvalue weighted by molar-refractivity contribution is 7.98. The highest BCUT2D eigenvalue weighted by atomic mass is 32.2. The van der Waals surface area contributed by atoms with Gasteiger partial charge in [-0.1, -0.05) is 43.8 Å². The molecule has 4 aromatic rings. The number of aryl methyl sites for hydroxylation is 2. The molecule has 0 saturated carbocycles. The number of thioether (sulfide) groups is 1. The van der Waals surface area contributed by atoms with Crippen LogP contribution in [0.5, 0.6) is 5.75 Å². The number of pyridine rings is 1. The van der Waals surface area contributed by atoms with Crippen LogP contribution in [-0.4, -0.2) is 19.7 Å². The molecule has 33 heavy (non-hydrogen) atoms. The summed E-state index contributed by atoms with van der Waals surface area (Å²) < 4.78 is 8.01. The van der Waals surface area contributed by atoms with E-state index >= 15 is 0 Å². The topological polar surface area (TPSA) is 72.8 Å². The Morgan fingerprint density at radius 3 is 2.55 bits per heavy atom. The molecule has 172 valence electrons. The van der Waals surface area contributed by atoms with Crippen LogP contribution in [0.25, 0.3) is 10.9 Å². The standard InChI is InChI=1S/C26H30N4O2S/c1-6-30-24(14-32-21-10-8-19(9-11-21)16(2)3)28-29-26(30)33-15-20-13-23(31)22-12-7-17(4)18(5)25(22)27-20/h7-13,16H,6,14-15H2,1-5H3,(H,27,31). The van der Waals surface area contributed by atoms with Crippen molar-refractivity contribution in [2.24, 2.45) is 0 Å². The highest BCUT2D eigenvalue weighted by Gasteiger charge is 2.14. The van der Waals surface area contributed by atoms with Gasteiger partial charge >= 0.3 is 0 Å². The lowest BCUT2D eigenvalue weighted by atomic mass is 10.0. The van der Waals surface area contributed by atoms with Gasteiger partial charge in [0.2, 0.25) is 0 Å². The summed E-state index contributed by atoms with van der Waals surface area (Å²) in [6.45, 7) is 11.6. The van der Waals surface area contributed by atoms with Gasteiger partial charge in [0, 0.05) is 29.4 Å². The Bertz CT molecular complexity index is 1320. The quantitative estimate of drug-likeness (QED) is 0.338. The van der Waals surface area contributed by atoms with Crippen LogP contribution in [0.1, 0.15) is 54.9 Å². The fourth-order valence-corrected chi connectivity index (χ4v) is 4.71. The Kier molecular flexibility index (Phi) is 6.88. The Morgan fingerprint density at radius 2 is 1.85 bits per heavy atom. The van der Waals surface area contributed by atoms with E-state index in [4.69, 9.17) is 4.74 Å². The molecule has 7 heteroatoms. The van der Waals surface area contributed by atoms with E-state index < -0.39 is 0 Å². The van der Waals surface area contributed by atoms with E-state index in [2.05, 4.69) is 59.6 Å². The molecule has 0 unspecified atom stereocenters. The first-order valence-corrected chi connectivity index (χ1v) is 12.3. The van der Waals surface area contributed by atoms with Crippen LogP contribution in [0, 0.1) is 13.8 Å². The number of rotatable bonds is 8. The molecule has 0 aliphatic rings. The number of hydrogen-bond acceptors (Lipinski definition) is 5. The molecular weight excluding hydrogens is 432 g/mol. The summed E-state index contributed by atoms with van der Waals surface area (Å²) in [5.41, 5.74) is 5.38. The minimum atomic E-state index is 0.0389. The Morgan fingerprint density at radius 1 is 1.09 bits per heavy atom. The van der Waals surface area contributed by atoms with Crippen LogP contribution in [0.3, 0.4) is 0 Å². The normalized spacial score (nSPS) is 11.5. The molecule has 0 radical (unpaired) electrons. The number of aromatic amines is 1. The van der Waals surface area contributed by atoms with Crippen LogP contribution >= 0.6 is 11.8 Å². The third-order valence-corrected chi connectivity index (χ3v) is 6.99. The molecule has 2 aromatic carbocycles. The van der Waals surface area contributed by atoms with Crippen LogP contribution < -0.4 is 10.2 Å². The molecule has 6 nitrogen and oxygen atoms in total. The maximum absolute atomic E-state index is 12.6. The van der Waals surface area contributed by atoms with Crippen LogP contribution in [0.15, 0.2) is 52.4 Å². The summed E-state index contributed by atoms with van der Waals surface area (Å²) in [5, 5.41) is 10.3. The van der Waals surface area contributed by atoms with Crippen molar-refractivity contribution in [2.75, 3.05) is 0 Å². The summed E-state index contributed by atoms with van der Waals surface area (Å²) in [6, 6.07) is 13.8. The van der Waals surface area contributed by atoms with Gasteiger partial charge in [-0.15, -0.1) is 10.2 Å². The highest BCUT2D eigenvalue weighted by Crippen LogP contribution is 2.24. The monoisotopic (exact) mass is 462 g/mol. The van der Waals surface area contributed by atoms with Gasteiger partial charge in [0.15, 0.2) is 16.4 Å². The van der Waals surface area contributed by atoms with E-state index in [1.54, 1.807) is 17.8 Å². The average molecular weight is 463 g/mol. The van der Waals surface area contributed by atoms with Crippen molar-refractivity contribution in [3.63, 3.8) is 0 Å². The lowest BCUT2D eigenvalue weighted by Gasteiger charge is -2.11. The number of fused-ring (bicyclic) bond motifs is 1. The molecule has 0 spiro atoms. The van der Waals surface area contributed by atoms with Gasteiger partial charge in [0.05, 0.1) is 5.52 Å². The van der Waals surface area contributed by atoms with Crippen molar-refractivity contribution in [2.45, 2.75) is 64.6 Å². The molecule has 0 aliphatic heterocycles.